The Bertz CT molecular complexity index is 730. The molecule has 1 heterocycles. The number of unbranched alkanes of at least 4 members (excludes halogenated alkanes) is 2. The smallest absolute Gasteiger partial charge is 0.230 e. The molecular formula is C19H25N3O3S. The van der Waals surface area contributed by atoms with E-state index in [1.54, 1.807) is 0 Å². The van der Waals surface area contributed by atoms with Crippen LogP contribution < -0.4 is 10.6 Å². The molecule has 3 N–H and O–H groups in total. The fraction of sp³-hybridized carbons (Fsp3) is 0.421. The highest BCUT2D eigenvalue weighted by Crippen LogP contribution is 2.17. The molecule has 0 bridgehead atoms. The summed E-state index contributed by atoms with van der Waals surface area (Å²) < 4.78 is 0. The van der Waals surface area contributed by atoms with Crippen LogP contribution in [-0.2, 0) is 20.8 Å². The van der Waals surface area contributed by atoms with Gasteiger partial charge in [0.1, 0.15) is 0 Å². The zero-order valence-corrected chi connectivity index (χ0v) is 15.6. The Morgan fingerprint density at radius 1 is 1.04 bits per heavy atom. The number of thioether (sulfide) groups is 1. The second kappa shape index (κ2) is 11.4. The normalized spacial score (nSPS) is 10.6. The van der Waals surface area contributed by atoms with Crippen LogP contribution in [0.25, 0.3) is 10.9 Å². The number of fused-ring (bicyclic) bond motifs is 1. The highest BCUT2D eigenvalue weighted by atomic mass is 32.2. The number of hydrogen-bond donors (Lipinski definition) is 3. The van der Waals surface area contributed by atoms with Gasteiger partial charge < -0.3 is 15.6 Å². The van der Waals surface area contributed by atoms with Gasteiger partial charge in [-0.25, -0.2) is 0 Å². The number of para-hydroxylation sites is 1. The van der Waals surface area contributed by atoms with Crippen molar-refractivity contribution in [3.05, 3.63) is 36.0 Å². The molecule has 0 aliphatic rings. The number of nitrogens with one attached hydrogen (secondary N) is 3. The summed E-state index contributed by atoms with van der Waals surface area (Å²) in [5, 5.41) is 6.91. The Kier molecular flexibility index (Phi) is 8.75. The Hall–Kier alpha value is -2.28. The largest absolute Gasteiger partial charge is 0.361 e. The molecule has 0 atom stereocenters. The van der Waals surface area contributed by atoms with Gasteiger partial charge in [0.15, 0.2) is 5.62 Å². The molecule has 0 saturated carbocycles. The monoisotopic (exact) mass is 375 g/mol. The van der Waals surface area contributed by atoms with Crippen LogP contribution in [0.4, 0.5) is 0 Å². The van der Waals surface area contributed by atoms with E-state index in [4.69, 9.17) is 0 Å². The molecule has 0 fully saturated rings. The molecule has 0 spiro atoms. The molecule has 2 amide bonds. The first kappa shape index (κ1) is 20.0. The quantitative estimate of drug-likeness (QED) is 0.392. The molecule has 0 aliphatic heterocycles. The number of rotatable bonds is 12. The molecule has 140 valence electrons. The molecule has 26 heavy (non-hydrogen) atoms. The van der Waals surface area contributed by atoms with Crippen molar-refractivity contribution in [1.82, 2.24) is 15.6 Å². The van der Waals surface area contributed by atoms with Crippen LogP contribution in [0.15, 0.2) is 30.5 Å². The van der Waals surface area contributed by atoms with Gasteiger partial charge >= 0.3 is 0 Å². The van der Waals surface area contributed by atoms with E-state index in [2.05, 4.69) is 21.7 Å². The van der Waals surface area contributed by atoms with Crippen molar-refractivity contribution >= 4 is 40.1 Å². The lowest BCUT2D eigenvalue weighted by Gasteiger charge is -2.06. The van der Waals surface area contributed by atoms with E-state index >= 15 is 0 Å². The Balaban J connectivity index is 1.51. The molecule has 6 nitrogen and oxygen atoms in total. The molecule has 0 radical (unpaired) electrons. The zero-order valence-electron chi connectivity index (χ0n) is 14.8. The Morgan fingerprint density at radius 3 is 2.69 bits per heavy atom. The first-order valence-corrected chi connectivity index (χ1v) is 9.89. The summed E-state index contributed by atoms with van der Waals surface area (Å²) in [6.45, 7) is 1.21. The molecule has 0 unspecified atom stereocenters. The third-order valence-electron chi connectivity index (χ3n) is 4.08. The van der Waals surface area contributed by atoms with E-state index < -0.39 is 0 Å². The van der Waals surface area contributed by atoms with Crippen LogP contribution in [0.5, 0.6) is 0 Å². The molecule has 1 aromatic heterocycles. The lowest BCUT2D eigenvalue weighted by atomic mass is 10.1. The van der Waals surface area contributed by atoms with Crippen molar-refractivity contribution in [1.29, 1.82) is 0 Å². The molecule has 1 aromatic carbocycles. The second-order valence-electron chi connectivity index (χ2n) is 6.03. The van der Waals surface area contributed by atoms with Crippen molar-refractivity contribution in [3.63, 3.8) is 0 Å². The van der Waals surface area contributed by atoms with Gasteiger partial charge in [-0.15, -0.1) is 0 Å². The minimum atomic E-state index is -0.128. The van der Waals surface area contributed by atoms with Gasteiger partial charge in [0.05, 0.1) is 5.75 Å². The van der Waals surface area contributed by atoms with Crippen molar-refractivity contribution in [2.45, 2.75) is 32.1 Å². The summed E-state index contributed by atoms with van der Waals surface area (Å²) in [6, 6.07) is 8.14. The maximum absolute atomic E-state index is 11.9. The van der Waals surface area contributed by atoms with Crippen molar-refractivity contribution in [2.24, 2.45) is 0 Å². The van der Waals surface area contributed by atoms with Crippen LogP contribution >= 0.6 is 11.8 Å². The van der Waals surface area contributed by atoms with Crippen molar-refractivity contribution in [3.8, 4) is 0 Å². The van der Waals surface area contributed by atoms with Crippen LogP contribution in [-0.4, -0.2) is 41.3 Å². The van der Waals surface area contributed by atoms with Gasteiger partial charge in [-0.05, 0) is 30.9 Å². The van der Waals surface area contributed by atoms with Crippen molar-refractivity contribution in [2.75, 3.05) is 18.8 Å². The topological polar surface area (TPSA) is 91.1 Å². The number of H-pyrrole nitrogens is 1. The fourth-order valence-corrected chi connectivity index (χ4v) is 3.06. The summed E-state index contributed by atoms with van der Waals surface area (Å²) in [7, 11) is 0. The van der Waals surface area contributed by atoms with E-state index in [9.17, 15) is 14.4 Å². The number of aromatic amines is 1. The number of amides is 2. The van der Waals surface area contributed by atoms with Gasteiger partial charge in [0.2, 0.25) is 11.8 Å². The standard InChI is InChI=1S/C19H25N3O3S/c23-14-26-13-19(25)20-10-5-1-2-8-18(24)21-11-9-15-12-22-17-7-4-3-6-16(15)17/h3-4,6-7,12,14,22H,1-2,5,8-11,13H2,(H,20,25)(H,21,24). The minimum Gasteiger partial charge on any atom is -0.361 e. The van der Waals surface area contributed by atoms with Gasteiger partial charge in [0, 0.05) is 36.6 Å². The number of benzene rings is 1. The second-order valence-corrected chi connectivity index (χ2v) is 6.84. The summed E-state index contributed by atoms with van der Waals surface area (Å²) in [5.41, 5.74) is 2.99. The van der Waals surface area contributed by atoms with Crippen molar-refractivity contribution < 1.29 is 14.4 Å². The molecular weight excluding hydrogens is 350 g/mol. The Labute approximate surface area is 157 Å². The summed E-state index contributed by atoms with van der Waals surface area (Å²) >= 11 is 0.948. The van der Waals surface area contributed by atoms with E-state index in [1.807, 2.05) is 24.4 Å². The van der Waals surface area contributed by atoms with Crippen LogP contribution in [0, 0.1) is 0 Å². The fourth-order valence-electron chi connectivity index (χ4n) is 2.74. The number of aromatic nitrogens is 1. The third-order valence-corrected chi connectivity index (χ3v) is 4.64. The van der Waals surface area contributed by atoms with E-state index in [0.29, 0.717) is 25.1 Å². The molecule has 2 aromatic rings. The van der Waals surface area contributed by atoms with E-state index in [1.165, 1.54) is 10.9 Å². The van der Waals surface area contributed by atoms with Gasteiger partial charge in [0.25, 0.3) is 0 Å². The summed E-state index contributed by atoms with van der Waals surface area (Å²) in [6.07, 6.45) is 5.83. The highest BCUT2D eigenvalue weighted by Gasteiger charge is 2.05. The minimum absolute atomic E-state index is 0.0660. The lowest BCUT2D eigenvalue weighted by molar-refractivity contribution is -0.121. The first-order valence-electron chi connectivity index (χ1n) is 8.84. The first-order chi connectivity index (χ1) is 12.7. The zero-order chi connectivity index (χ0) is 18.6. The van der Waals surface area contributed by atoms with E-state index in [-0.39, 0.29) is 17.6 Å². The maximum atomic E-state index is 11.9. The number of carbonyl (C=O) groups is 3. The molecule has 0 aliphatic carbocycles. The number of carbonyl (C=O) groups excluding carboxylic acids is 3. The molecule has 2 rings (SSSR count). The summed E-state index contributed by atoms with van der Waals surface area (Å²) in [4.78, 5) is 36.5. The maximum Gasteiger partial charge on any atom is 0.230 e. The van der Waals surface area contributed by atoms with Crippen LogP contribution in [0.1, 0.15) is 31.2 Å². The average Bonchev–Trinajstić information content (AvgIpc) is 3.06. The van der Waals surface area contributed by atoms with Gasteiger partial charge in [-0.3, -0.25) is 14.4 Å². The predicted octanol–water partition coefficient (Wildman–Crippen LogP) is 2.43. The van der Waals surface area contributed by atoms with Crippen LogP contribution in [0.2, 0.25) is 0 Å². The average molecular weight is 375 g/mol. The number of hydrogen-bond acceptors (Lipinski definition) is 4. The van der Waals surface area contributed by atoms with Gasteiger partial charge in [-0.2, -0.15) is 0 Å². The lowest BCUT2D eigenvalue weighted by Crippen LogP contribution is -2.26. The SMILES string of the molecule is O=CSCC(=O)NCCCCCC(=O)NCCc1c[nH]c2ccccc12. The van der Waals surface area contributed by atoms with Gasteiger partial charge in [-0.1, -0.05) is 36.4 Å². The third kappa shape index (κ3) is 6.92. The van der Waals surface area contributed by atoms with Crippen LogP contribution in [0.3, 0.4) is 0 Å². The summed E-state index contributed by atoms with van der Waals surface area (Å²) in [5.74, 6) is 0.107. The van der Waals surface area contributed by atoms with E-state index in [0.717, 1.165) is 43.0 Å². The Morgan fingerprint density at radius 2 is 1.85 bits per heavy atom. The molecule has 0 saturated heterocycles. The molecule has 7 heteroatoms. The predicted molar refractivity (Wildman–Crippen MR) is 106 cm³/mol. The highest BCUT2D eigenvalue weighted by molar-refractivity contribution is 8.12.